The lowest BCUT2D eigenvalue weighted by Gasteiger charge is -2.39. The summed E-state index contributed by atoms with van der Waals surface area (Å²) in [7, 11) is 0. The highest BCUT2D eigenvalue weighted by atomic mass is 79.9. The van der Waals surface area contributed by atoms with Crippen LogP contribution in [0.2, 0.25) is 0 Å². The van der Waals surface area contributed by atoms with Crippen LogP contribution in [0, 0.1) is 12.8 Å². The van der Waals surface area contributed by atoms with Gasteiger partial charge in [0.1, 0.15) is 0 Å². The summed E-state index contributed by atoms with van der Waals surface area (Å²) in [6.07, 6.45) is 2.46. The Hall–Kier alpha value is -0.540. The quantitative estimate of drug-likeness (QED) is 0.901. The second-order valence-corrected chi connectivity index (χ2v) is 6.51. The number of rotatable bonds is 4. The van der Waals surface area contributed by atoms with Gasteiger partial charge < -0.3 is 10.2 Å². The summed E-state index contributed by atoms with van der Waals surface area (Å²) in [6, 6.07) is 7.19. The molecule has 1 aromatic rings. The Morgan fingerprint density at radius 2 is 2.21 bits per heavy atom. The maximum Gasteiger partial charge on any atom is 0.0407 e. The predicted molar refractivity (Wildman–Crippen MR) is 87.0 cm³/mol. The fourth-order valence-corrected chi connectivity index (χ4v) is 3.29. The highest BCUT2D eigenvalue weighted by Gasteiger charge is 2.26. The standard InChI is InChI=1S/C16H25BrN2/c1-4-9-18-15-8-10-19(11-12(15)2)16-7-5-6-14(17)13(16)3/h5-7,12,15,18H,4,8-11H2,1-3H3. The van der Waals surface area contributed by atoms with Gasteiger partial charge in [-0.3, -0.25) is 0 Å². The maximum atomic E-state index is 3.68. The van der Waals surface area contributed by atoms with E-state index in [1.54, 1.807) is 0 Å². The third kappa shape index (κ3) is 3.51. The van der Waals surface area contributed by atoms with Gasteiger partial charge in [-0.15, -0.1) is 0 Å². The lowest BCUT2D eigenvalue weighted by atomic mass is 9.93. The molecular weight excluding hydrogens is 300 g/mol. The summed E-state index contributed by atoms with van der Waals surface area (Å²) in [5.41, 5.74) is 2.74. The van der Waals surface area contributed by atoms with E-state index < -0.39 is 0 Å². The average molecular weight is 325 g/mol. The molecule has 1 heterocycles. The van der Waals surface area contributed by atoms with Crippen molar-refractivity contribution in [2.75, 3.05) is 24.5 Å². The monoisotopic (exact) mass is 324 g/mol. The van der Waals surface area contributed by atoms with Crippen LogP contribution in [0.15, 0.2) is 22.7 Å². The fourth-order valence-electron chi connectivity index (χ4n) is 2.94. The second-order valence-electron chi connectivity index (χ2n) is 5.66. The SMILES string of the molecule is CCCNC1CCN(c2cccc(Br)c2C)CC1C. The summed E-state index contributed by atoms with van der Waals surface area (Å²) in [5, 5.41) is 3.68. The van der Waals surface area contributed by atoms with Crippen LogP contribution >= 0.6 is 15.9 Å². The van der Waals surface area contributed by atoms with Crippen LogP contribution < -0.4 is 10.2 Å². The van der Waals surface area contributed by atoms with Crippen LogP contribution in [0.25, 0.3) is 0 Å². The van der Waals surface area contributed by atoms with Crippen molar-refractivity contribution in [3.8, 4) is 0 Å². The molecule has 2 atom stereocenters. The zero-order valence-electron chi connectivity index (χ0n) is 12.2. The Morgan fingerprint density at radius 3 is 2.89 bits per heavy atom. The normalized spacial score (nSPS) is 23.7. The van der Waals surface area contributed by atoms with Crippen molar-refractivity contribution in [3.63, 3.8) is 0 Å². The first-order valence-electron chi connectivity index (χ1n) is 7.37. The molecule has 1 aliphatic rings. The molecule has 1 N–H and O–H groups in total. The molecule has 0 saturated carbocycles. The number of piperidine rings is 1. The van der Waals surface area contributed by atoms with E-state index in [1.807, 2.05) is 0 Å². The predicted octanol–water partition coefficient (Wildman–Crippen LogP) is 3.97. The van der Waals surface area contributed by atoms with E-state index in [2.05, 4.69) is 65.1 Å². The van der Waals surface area contributed by atoms with Gasteiger partial charge in [-0.05, 0) is 49.9 Å². The molecule has 0 aliphatic carbocycles. The smallest absolute Gasteiger partial charge is 0.0407 e. The Bertz CT molecular complexity index is 419. The molecule has 1 aromatic carbocycles. The van der Waals surface area contributed by atoms with Crippen molar-refractivity contribution in [2.45, 2.75) is 39.7 Å². The third-order valence-corrected chi connectivity index (χ3v) is 5.00. The fraction of sp³-hybridized carbons (Fsp3) is 0.625. The summed E-state index contributed by atoms with van der Waals surface area (Å²) in [6.45, 7) is 10.3. The number of nitrogens with zero attached hydrogens (tertiary/aromatic N) is 1. The first-order chi connectivity index (χ1) is 9.13. The maximum absolute atomic E-state index is 3.68. The first-order valence-corrected chi connectivity index (χ1v) is 8.16. The van der Waals surface area contributed by atoms with Gasteiger partial charge in [-0.25, -0.2) is 0 Å². The molecule has 1 fully saturated rings. The topological polar surface area (TPSA) is 15.3 Å². The van der Waals surface area contributed by atoms with Crippen LogP contribution in [0.5, 0.6) is 0 Å². The number of hydrogen-bond acceptors (Lipinski definition) is 2. The number of halogens is 1. The third-order valence-electron chi connectivity index (χ3n) is 4.14. The Morgan fingerprint density at radius 1 is 1.42 bits per heavy atom. The van der Waals surface area contributed by atoms with E-state index in [0.29, 0.717) is 12.0 Å². The molecule has 106 valence electrons. The molecule has 19 heavy (non-hydrogen) atoms. The molecule has 0 aromatic heterocycles. The van der Waals surface area contributed by atoms with Crippen LogP contribution in [-0.4, -0.2) is 25.7 Å². The molecule has 3 heteroatoms. The van der Waals surface area contributed by atoms with Gasteiger partial charge in [0.25, 0.3) is 0 Å². The van der Waals surface area contributed by atoms with E-state index in [9.17, 15) is 0 Å². The van der Waals surface area contributed by atoms with Crippen LogP contribution in [0.4, 0.5) is 5.69 Å². The average Bonchev–Trinajstić information content (AvgIpc) is 2.40. The Labute approximate surface area is 125 Å². The molecule has 2 unspecified atom stereocenters. The highest BCUT2D eigenvalue weighted by molar-refractivity contribution is 9.10. The zero-order chi connectivity index (χ0) is 13.8. The van der Waals surface area contributed by atoms with Crippen molar-refractivity contribution >= 4 is 21.6 Å². The molecular formula is C16H25BrN2. The first kappa shape index (κ1) is 14.9. The van der Waals surface area contributed by atoms with E-state index >= 15 is 0 Å². The highest BCUT2D eigenvalue weighted by Crippen LogP contribution is 2.30. The molecule has 0 bridgehead atoms. The number of nitrogens with one attached hydrogen (secondary N) is 1. The largest absolute Gasteiger partial charge is 0.371 e. The summed E-state index contributed by atoms with van der Waals surface area (Å²) in [4.78, 5) is 2.54. The van der Waals surface area contributed by atoms with E-state index in [-0.39, 0.29) is 0 Å². The van der Waals surface area contributed by atoms with Gasteiger partial charge >= 0.3 is 0 Å². The van der Waals surface area contributed by atoms with E-state index in [1.165, 1.54) is 28.6 Å². The van der Waals surface area contributed by atoms with Gasteiger partial charge in [0, 0.05) is 29.3 Å². The minimum Gasteiger partial charge on any atom is -0.371 e. The van der Waals surface area contributed by atoms with Gasteiger partial charge in [0.2, 0.25) is 0 Å². The van der Waals surface area contributed by atoms with Gasteiger partial charge in [-0.1, -0.05) is 35.8 Å². The molecule has 1 aliphatic heterocycles. The zero-order valence-corrected chi connectivity index (χ0v) is 13.8. The van der Waals surface area contributed by atoms with Crippen molar-refractivity contribution < 1.29 is 0 Å². The minimum atomic E-state index is 0.684. The molecule has 1 saturated heterocycles. The van der Waals surface area contributed by atoms with Crippen molar-refractivity contribution in [1.29, 1.82) is 0 Å². The van der Waals surface area contributed by atoms with Crippen LogP contribution in [-0.2, 0) is 0 Å². The Balaban J connectivity index is 2.03. The number of hydrogen-bond donors (Lipinski definition) is 1. The molecule has 2 nitrogen and oxygen atoms in total. The Kier molecular flexibility index (Phi) is 5.28. The minimum absolute atomic E-state index is 0.684. The number of benzene rings is 1. The molecule has 0 amide bonds. The summed E-state index contributed by atoms with van der Waals surface area (Å²) >= 11 is 3.63. The molecule has 0 spiro atoms. The van der Waals surface area contributed by atoms with Crippen molar-refractivity contribution in [2.24, 2.45) is 5.92 Å². The van der Waals surface area contributed by atoms with Gasteiger partial charge in [-0.2, -0.15) is 0 Å². The van der Waals surface area contributed by atoms with Gasteiger partial charge in [0.05, 0.1) is 0 Å². The van der Waals surface area contributed by atoms with Crippen LogP contribution in [0.3, 0.4) is 0 Å². The summed E-state index contributed by atoms with van der Waals surface area (Å²) in [5.74, 6) is 0.707. The van der Waals surface area contributed by atoms with Gasteiger partial charge in [0.15, 0.2) is 0 Å². The lowest BCUT2D eigenvalue weighted by Crippen LogP contribution is -2.48. The van der Waals surface area contributed by atoms with Crippen molar-refractivity contribution in [1.82, 2.24) is 5.32 Å². The molecule has 0 radical (unpaired) electrons. The van der Waals surface area contributed by atoms with E-state index in [0.717, 1.165) is 19.6 Å². The summed E-state index contributed by atoms with van der Waals surface area (Å²) < 4.78 is 1.21. The second kappa shape index (κ2) is 6.76. The van der Waals surface area contributed by atoms with Crippen molar-refractivity contribution in [3.05, 3.63) is 28.2 Å². The number of anilines is 1. The lowest BCUT2D eigenvalue weighted by molar-refractivity contribution is 0.322. The van der Waals surface area contributed by atoms with Crippen LogP contribution in [0.1, 0.15) is 32.3 Å². The molecule has 2 rings (SSSR count). The van der Waals surface area contributed by atoms with E-state index in [4.69, 9.17) is 0 Å².